The van der Waals surface area contributed by atoms with Crippen molar-refractivity contribution < 1.29 is 6.22 Å². The first-order valence-electron chi connectivity index (χ1n) is 4.14. The summed E-state index contributed by atoms with van der Waals surface area (Å²) in [6.45, 7) is 3.79. The molecule has 0 bridgehead atoms. The predicted molar refractivity (Wildman–Crippen MR) is 46.4 cm³/mol. The van der Waals surface area contributed by atoms with Crippen LogP contribution in [0.3, 0.4) is 0 Å². The van der Waals surface area contributed by atoms with Gasteiger partial charge in [-0.25, -0.2) is 0 Å². The van der Waals surface area contributed by atoms with Gasteiger partial charge in [0.25, 0.3) is 0 Å². The molecule has 0 atom stereocenters. The van der Waals surface area contributed by atoms with Crippen LogP contribution in [0.2, 0.25) is 0 Å². The molecule has 1 amide bonds. The molecule has 1 rings (SSSR count). The third-order valence-corrected chi connectivity index (χ3v) is 2.13. The summed E-state index contributed by atoms with van der Waals surface area (Å²) in [5.41, 5.74) is 0. The molecule has 0 aromatic heterocycles. The average molecular weight is 158 g/mol. The zero-order valence-electron chi connectivity index (χ0n) is 7.26. The molecule has 66 valence electrons. The molecule has 11 heavy (non-hydrogen) atoms. The first-order valence-corrected chi connectivity index (χ1v) is 4.14. The minimum atomic E-state index is 0. The highest BCUT2D eigenvalue weighted by atomic mass is 16.1. The van der Waals surface area contributed by atoms with Gasteiger partial charge in [0.15, 0.2) is 0 Å². The lowest BCUT2D eigenvalue weighted by molar-refractivity contribution is -0.119. The molecule has 1 saturated heterocycles. The number of amides is 1. The number of hydrogen-bond donors (Lipinski definition) is 1. The number of carbonyl (C=O) groups excluding carboxylic acids is 1. The molecule has 0 aromatic rings. The number of nitrogens with one attached hydrogen (secondary N) is 1. The average Bonchev–Trinajstić information content (AvgIpc) is 1.93. The summed E-state index contributed by atoms with van der Waals surface area (Å²) in [6, 6.07) is 0.420. The summed E-state index contributed by atoms with van der Waals surface area (Å²) in [4.78, 5) is 13.0. The number of carbonyl (C=O) groups is 1. The maximum atomic E-state index is 10.7. The van der Waals surface area contributed by atoms with Crippen molar-refractivity contribution in [2.75, 3.05) is 20.1 Å². The van der Waals surface area contributed by atoms with Crippen molar-refractivity contribution in [1.82, 2.24) is 10.2 Å². The minimum absolute atomic E-state index is 0. The Bertz CT molecular complexity index is 144. The Morgan fingerprint density at radius 2 is 2.09 bits per heavy atom. The molecule has 3 heteroatoms. The van der Waals surface area contributed by atoms with Crippen molar-refractivity contribution in [2.45, 2.75) is 25.8 Å². The van der Waals surface area contributed by atoms with E-state index in [1.807, 2.05) is 0 Å². The summed E-state index contributed by atoms with van der Waals surface area (Å²) in [6.07, 6.45) is 2.19. The molecule has 0 saturated carbocycles. The number of piperidine rings is 1. The van der Waals surface area contributed by atoms with Crippen LogP contribution in [0.1, 0.15) is 21.2 Å². The second-order valence-electron chi connectivity index (χ2n) is 3.28. The fourth-order valence-electron chi connectivity index (χ4n) is 1.44. The van der Waals surface area contributed by atoms with E-state index in [-0.39, 0.29) is 7.33 Å². The molecular formula is C8H18N2O. The molecule has 0 radical (unpaired) electrons. The van der Waals surface area contributed by atoms with Gasteiger partial charge in [0.1, 0.15) is 0 Å². The van der Waals surface area contributed by atoms with E-state index in [0.717, 1.165) is 25.9 Å². The van der Waals surface area contributed by atoms with Gasteiger partial charge in [-0.05, 0) is 33.0 Å². The molecule has 3 nitrogen and oxygen atoms in total. The predicted octanol–water partition coefficient (Wildman–Crippen LogP) is 0.463. The van der Waals surface area contributed by atoms with E-state index in [1.165, 1.54) is 0 Å². The molecular weight excluding hydrogens is 140 g/mol. The largest absolute Gasteiger partial charge is 0.354 e. The van der Waals surface area contributed by atoms with Gasteiger partial charge in [0.2, 0.25) is 5.91 Å². The Kier molecular flexibility index (Phi) is 2.88. The van der Waals surface area contributed by atoms with Crippen molar-refractivity contribution in [2.24, 2.45) is 0 Å². The van der Waals surface area contributed by atoms with Crippen LogP contribution in [0, 0.1) is 0 Å². The summed E-state index contributed by atoms with van der Waals surface area (Å²) < 4.78 is 0. The fourth-order valence-corrected chi connectivity index (χ4v) is 1.44. The molecule has 0 aromatic carbocycles. The topological polar surface area (TPSA) is 32.3 Å². The second-order valence-corrected chi connectivity index (χ2v) is 3.28. The van der Waals surface area contributed by atoms with Gasteiger partial charge in [-0.15, -0.1) is 0 Å². The zero-order valence-corrected chi connectivity index (χ0v) is 7.26. The van der Waals surface area contributed by atoms with Crippen LogP contribution in [0.5, 0.6) is 0 Å². The van der Waals surface area contributed by atoms with Gasteiger partial charge in [-0.2, -0.15) is 0 Å². The van der Waals surface area contributed by atoms with Gasteiger partial charge in [0, 0.05) is 14.4 Å². The van der Waals surface area contributed by atoms with E-state index < -0.39 is 0 Å². The Balaban J connectivity index is 0.00000121. The maximum Gasteiger partial charge on any atom is 0.217 e. The number of likely N-dealkylation sites (tertiary alicyclic amines) is 1. The monoisotopic (exact) mass is 158 g/mol. The van der Waals surface area contributed by atoms with Crippen LogP contribution in [0.15, 0.2) is 0 Å². The lowest BCUT2D eigenvalue weighted by Crippen LogP contribution is -2.42. The molecule has 1 heterocycles. The summed E-state index contributed by atoms with van der Waals surface area (Å²) in [5.74, 6) is 0.0968. The van der Waals surface area contributed by atoms with Gasteiger partial charge in [-0.3, -0.25) is 4.79 Å². The smallest absolute Gasteiger partial charge is 0.217 e. The highest BCUT2D eigenvalue weighted by molar-refractivity contribution is 5.73. The fraction of sp³-hybridized carbons (Fsp3) is 0.875. The van der Waals surface area contributed by atoms with Crippen molar-refractivity contribution in [3.05, 3.63) is 0 Å². The van der Waals surface area contributed by atoms with E-state index in [2.05, 4.69) is 17.3 Å². The highest BCUT2D eigenvalue weighted by Crippen LogP contribution is 2.07. The van der Waals surface area contributed by atoms with Crippen LogP contribution >= 0.6 is 0 Å². The molecule has 0 aliphatic carbocycles. The Morgan fingerprint density at radius 3 is 2.55 bits per heavy atom. The molecule has 0 spiro atoms. The molecule has 1 aliphatic heterocycles. The van der Waals surface area contributed by atoms with E-state index in [9.17, 15) is 4.79 Å². The first-order chi connectivity index (χ1) is 5.18. The second kappa shape index (κ2) is 3.72. The van der Waals surface area contributed by atoms with Crippen molar-refractivity contribution in [1.29, 1.82) is 0 Å². The first kappa shape index (κ1) is 8.53. The summed E-state index contributed by atoms with van der Waals surface area (Å²) in [7, 11) is 2.12. The van der Waals surface area contributed by atoms with Crippen molar-refractivity contribution in [3.8, 4) is 0 Å². The summed E-state index contributed by atoms with van der Waals surface area (Å²) >= 11 is 0. The number of nitrogens with zero attached hydrogens (tertiary/aromatic N) is 1. The molecule has 0 unspecified atom stereocenters. The SMILES string of the molecule is CC(=O)NC1CCN(C)CC1.[HH]. The number of rotatable bonds is 1. The summed E-state index contributed by atoms with van der Waals surface area (Å²) in [5, 5.41) is 2.94. The molecule has 1 N–H and O–H groups in total. The lowest BCUT2D eigenvalue weighted by atomic mass is 10.1. The zero-order chi connectivity index (χ0) is 8.27. The van der Waals surface area contributed by atoms with Gasteiger partial charge in [-0.1, -0.05) is 0 Å². The van der Waals surface area contributed by atoms with E-state index in [0.29, 0.717) is 6.04 Å². The third kappa shape index (κ3) is 2.89. The van der Waals surface area contributed by atoms with E-state index in [4.69, 9.17) is 0 Å². The quantitative estimate of drug-likeness (QED) is 0.601. The van der Waals surface area contributed by atoms with Crippen LogP contribution < -0.4 is 5.32 Å². The van der Waals surface area contributed by atoms with Crippen LogP contribution in [0.4, 0.5) is 0 Å². The van der Waals surface area contributed by atoms with Crippen LogP contribution in [0.25, 0.3) is 0 Å². The highest BCUT2D eigenvalue weighted by Gasteiger charge is 2.16. The van der Waals surface area contributed by atoms with Gasteiger partial charge >= 0.3 is 0 Å². The Hall–Kier alpha value is -0.570. The number of hydrogen-bond acceptors (Lipinski definition) is 2. The lowest BCUT2D eigenvalue weighted by Gasteiger charge is -2.29. The molecule has 1 aliphatic rings. The van der Waals surface area contributed by atoms with Crippen molar-refractivity contribution in [3.63, 3.8) is 0 Å². The maximum absolute atomic E-state index is 10.7. The minimum Gasteiger partial charge on any atom is -0.354 e. The van der Waals surface area contributed by atoms with Crippen LogP contribution in [-0.2, 0) is 4.79 Å². The normalized spacial score (nSPS) is 21.6. The van der Waals surface area contributed by atoms with Gasteiger partial charge in [0.05, 0.1) is 0 Å². The standard InChI is InChI=1S/C8H16N2O.H2/c1-7(11)9-8-3-5-10(2)6-4-8;/h8H,3-6H2,1-2H3,(H,9,11);1H. The van der Waals surface area contributed by atoms with Crippen LogP contribution in [-0.4, -0.2) is 37.0 Å². The van der Waals surface area contributed by atoms with Crippen molar-refractivity contribution >= 4 is 5.91 Å². The van der Waals surface area contributed by atoms with Gasteiger partial charge < -0.3 is 10.2 Å². The Labute approximate surface area is 69.2 Å². The Morgan fingerprint density at radius 1 is 1.55 bits per heavy atom. The third-order valence-electron chi connectivity index (χ3n) is 2.13. The van der Waals surface area contributed by atoms with E-state index >= 15 is 0 Å². The van der Waals surface area contributed by atoms with E-state index in [1.54, 1.807) is 6.92 Å². The molecule has 1 fully saturated rings.